The fraction of sp³-hybridized carbons (Fsp3) is 0.308. The van der Waals surface area contributed by atoms with Crippen molar-refractivity contribution in [3.8, 4) is 6.07 Å². The van der Waals surface area contributed by atoms with Crippen molar-refractivity contribution >= 4 is 17.6 Å². The van der Waals surface area contributed by atoms with Crippen LogP contribution in [-0.4, -0.2) is 31.6 Å². The summed E-state index contributed by atoms with van der Waals surface area (Å²) in [5.74, 6) is -1.70. The third-order valence-corrected chi connectivity index (χ3v) is 2.49. The van der Waals surface area contributed by atoms with Crippen LogP contribution in [0.15, 0.2) is 18.2 Å². The van der Waals surface area contributed by atoms with Gasteiger partial charge in [0.05, 0.1) is 12.8 Å². The van der Waals surface area contributed by atoms with Crippen molar-refractivity contribution in [2.75, 3.05) is 19.0 Å². The summed E-state index contributed by atoms with van der Waals surface area (Å²) in [7, 11) is 1.19. The van der Waals surface area contributed by atoms with Gasteiger partial charge in [0.15, 0.2) is 0 Å². The molecule has 0 aliphatic heterocycles. The third kappa shape index (κ3) is 3.95. The summed E-state index contributed by atoms with van der Waals surface area (Å²) in [6.45, 7) is 1.24. The summed E-state index contributed by atoms with van der Waals surface area (Å²) < 4.78 is 17.9. The van der Waals surface area contributed by atoms with Gasteiger partial charge in [0, 0.05) is 13.5 Å². The molecule has 0 radical (unpaired) electrons. The van der Waals surface area contributed by atoms with Crippen LogP contribution in [0.2, 0.25) is 0 Å². The number of hydrogen-bond acceptors (Lipinski definition) is 5. The lowest BCUT2D eigenvalue weighted by atomic mass is 10.1. The van der Waals surface area contributed by atoms with E-state index in [4.69, 9.17) is 5.26 Å². The van der Waals surface area contributed by atoms with Gasteiger partial charge in [-0.05, 0) is 12.1 Å². The van der Waals surface area contributed by atoms with Crippen molar-refractivity contribution < 1.29 is 18.7 Å². The molecule has 1 aromatic carbocycles. The van der Waals surface area contributed by atoms with Crippen molar-refractivity contribution in [3.63, 3.8) is 0 Å². The topological polar surface area (TPSA) is 91.2 Å². The Kier molecular flexibility index (Phi) is 5.47. The largest absolute Gasteiger partial charge is 0.467 e. The van der Waals surface area contributed by atoms with Crippen LogP contribution in [0.1, 0.15) is 12.5 Å². The lowest BCUT2D eigenvalue weighted by Crippen LogP contribution is -2.45. The van der Waals surface area contributed by atoms with Crippen LogP contribution < -0.4 is 10.6 Å². The number of carbonyl (C=O) groups excluding carboxylic acids is 2. The number of methoxy groups -OCH3 is 1. The molecule has 0 heterocycles. The second-order valence-corrected chi connectivity index (χ2v) is 3.93. The van der Waals surface area contributed by atoms with Crippen LogP contribution in [0.5, 0.6) is 0 Å². The molecule has 0 fully saturated rings. The normalized spacial score (nSPS) is 11.1. The minimum atomic E-state index is -0.924. The molecule has 20 heavy (non-hydrogen) atoms. The van der Waals surface area contributed by atoms with Crippen LogP contribution in [0.4, 0.5) is 10.1 Å². The van der Waals surface area contributed by atoms with Gasteiger partial charge in [-0.2, -0.15) is 5.26 Å². The van der Waals surface area contributed by atoms with Gasteiger partial charge in [0.2, 0.25) is 5.91 Å². The Labute approximate surface area is 115 Å². The molecular formula is C13H14FN3O3. The maximum absolute atomic E-state index is 13.4. The van der Waals surface area contributed by atoms with Gasteiger partial charge < -0.3 is 15.4 Å². The van der Waals surface area contributed by atoms with Gasteiger partial charge in [-0.25, -0.2) is 9.18 Å². The van der Waals surface area contributed by atoms with Crippen LogP contribution >= 0.6 is 0 Å². The zero-order valence-corrected chi connectivity index (χ0v) is 11.1. The average molecular weight is 279 g/mol. The summed E-state index contributed by atoms with van der Waals surface area (Å²) in [6.07, 6.45) is 0. The molecule has 0 bridgehead atoms. The SMILES string of the molecule is COC(=O)C(CNc1cccc(F)c1C#N)NC(C)=O. The van der Waals surface area contributed by atoms with E-state index in [-0.39, 0.29) is 17.8 Å². The van der Waals surface area contributed by atoms with Gasteiger partial charge in [-0.3, -0.25) is 4.79 Å². The van der Waals surface area contributed by atoms with Crippen molar-refractivity contribution in [1.29, 1.82) is 5.26 Å². The Morgan fingerprint density at radius 3 is 2.75 bits per heavy atom. The smallest absolute Gasteiger partial charge is 0.330 e. The number of halogens is 1. The van der Waals surface area contributed by atoms with Crippen molar-refractivity contribution in [3.05, 3.63) is 29.6 Å². The third-order valence-electron chi connectivity index (χ3n) is 2.49. The van der Waals surface area contributed by atoms with E-state index in [2.05, 4.69) is 15.4 Å². The van der Waals surface area contributed by atoms with E-state index >= 15 is 0 Å². The van der Waals surface area contributed by atoms with Gasteiger partial charge in [-0.15, -0.1) is 0 Å². The number of benzene rings is 1. The lowest BCUT2D eigenvalue weighted by molar-refractivity contribution is -0.144. The fourth-order valence-corrected chi connectivity index (χ4v) is 1.58. The summed E-state index contributed by atoms with van der Waals surface area (Å²) in [4.78, 5) is 22.5. The Morgan fingerprint density at radius 1 is 1.50 bits per heavy atom. The second kappa shape index (κ2) is 7.09. The quantitative estimate of drug-likeness (QED) is 0.777. The predicted molar refractivity (Wildman–Crippen MR) is 69.2 cm³/mol. The maximum Gasteiger partial charge on any atom is 0.330 e. The molecule has 0 aliphatic rings. The zero-order valence-electron chi connectivity index (χ0n) is 11.1. The number of rotatable bonds is 5. The predicted octanol–water partition coefficient (Wildman–Crippen LogP) is 0.787. The number of nitriles is 1. The summed E-state index contributed by atoms with van der Waals surface area (Å²) in [5.41, 5.74) is 0.0886. The molecule has 0 spiro atoms. The number of amides is 1. The second-order valence-electron chi connectivity index (χ2n) is 3.93. The van der Waals surface area contributed by atoms with E-state index < -0.39 is 23.7 Å². The molecule has 6 nitrogen and oxygen atoms in total. The number of anilines is 1. The summed E-state index contributed by atoms with van der Waals surface area (Å²) in [5, 5.41) is 14.0. The highest BCUT2D eigenvalue weighted by Crippen LogP contribution is 2.17. The first-order valence-electron chi connectivity index (χ1n) is 5.77. The first-order chi connectivity index (χ1) is 9.49. The molecule has 1 unspecified atom stereocenters. The van der Waals surface area contributed by atoms with Gasteiger partial charge in [0.25, 0.3) is 0 Å². The van der Waals surface area contributed by atoms with E-state index in [1.54, 1.807) is 6.07 Å². The molecule has 7 heteroatoms. The van der Waals surface area contributed by atoms with Crippen molar-refractivity contribution in [2.24, 2.45) is 0 Å². The molecular weight excluding hydrogens is 265 g/mol. The Bertz CT molecular complexity index is 554. The van der Waals surface area contributed by atoms with E-state index in [0.29, 0.717) is 0 Å². The van der Waals surface area contributed by atoms with Gasteiger partial charge in [-0.1, -0.05) is 6.07 Å². The molecule has 1 rings (SSSR count). The van der Waals surface area contributed by atoms with Crippen LogP contribution in [0.25, 0.3) is 0 Å². The first-order valence-corrected chi connectivity index (χ1v) is 5.77. The molecule has 106 valence electrons. The highest BCUT2D eigenvalue weighted by molar-refractivity contribution is 5.83. The standard InChI is InChI=1S/C13H14FN3O3/c1-8(18)17-12(13(19)20-2)7-16-11-5-3-4-10(14)9(11)6-15/h3-5,12,16H,7H2,1-2H3,(H,17,18). The maximum atomic E-state index is 13.4. The Balaban J connectivity index is 2.83. The highest BCUT2D eigenvalue weighted by atomic mass is 19.1. The van der Waals surface area contributed by atoms with Crippen LogP contribution in [-0.2, 0) is 14.3 Å². The zero-order chi connectivity index (χ0) is 15.1. The highest BCUT2D eigenvalue weighted by Gasteiger charge is 2.20. The molecule has 0 aromatic heterocycles. The lowest BCUT2D eigenvalue weighted by Gasteiger charge is -2.17. The molecule has 0 aliphatic carbocycles. The number of ether oxygens (including phenoxy) is 1. The molecule has 1 aromatic rings. The average Bonchev–Trinajstić information content (AvgIpc) is 2.42. The molecule has 1 amide bonds. The Hall–Kier alpha value is -2.62. The number of nitrogens with zero attached hydrogens (tertiary/aromatic N) is 1. The van der Waals surface area contributed by atoms with Crippen LogP contribution in [0, 0.1) is 17.1 Å². The van der Waals surface area contributed by atoms with Gasteiger partial charge in [0.1, 0.15) is 23.5 Å². The molecule has 2 N–H and O–H groups in total. The monoisotopic (exact) mass is 279 g/mol. The molecule has 0 saturated heterocycles. The summed E-state index contributed by atoms with van der Waals surface area (Å²) >= 11 is 0. The van der Waals surface area contributed by atoms with Crippen molar-refractivity contribution in [2.45, 2.75) is 13.0 Å². The molecule has 0 saturated carbocycles. The van der Waals surface area contributed by atoms with Crippen molar-refractivity contribution in [1.82, 2.24) is 5.32 Å². The van der Waals surface area contributed by atoms with Gasteiger partial charge >= 0.3 is 5.97 Å². The van der Waals surface area contributed by atoms with E-state index in [1.807, 2.05) is 0 Å². The number of hydrogen-bond donors (Lipinski definition) is 2. The molecule has 1 atom stereocenters. The van der Waals surface area contributed by atoms with E-state index in [0.717, 1.165) is 6.07 Å². The Morgan fingerprint density at radius 2 is 2.20 bits per heavy atom. The number of nitrogens with one attached hydrogen (secondary N) is 2. The number of carbonyl (C=O) groups is 2. The minimum absolute atomic E-state index is 0.0234. The first kappa shape index (κ1) is 15.4. The number of esters is 1. The van der Waals surface area contributed by atoms with E-state index in [1.165, 1.54) is 26.2 Å². The van der Waals surface area contributed by atoms with Crippen LogP contribution in [0.3, 0.4) is 0 Å². The summed E-state index contributed by atoms with van der Waals surface area (Å²) in [6, 6.07) is 4.91. The minimum Gasteiger partial charge on any atom is -0.467 e. The fourth-order valence-electron chi connectivity index (χ4n) is 1.58. The van der Waals surface area contributed by atoms with E-state index in [9.17, 15) is 14.0 Å².